The van der Waals surface area contributed by atoms with Gasteiger partial charge in [0.2, 0.25) is 0 Å². The zero-order valence-corrected chi connectivity index (χ0v) is 14.8. The Bertz CT molecular complexity index is 794. The van der Waals surface area contributed by atoms with Gasteiger partial charge < -0.3 is 9.84 Å². The van der Waals surface area contributed by atoms with Crippen LogP contribution in [0.15, 0.2) is 35.4 Å². The van der Waals surface area contributed by atoms with Crippen LogP contribution in [0, 0.1) is 6.92 Å². The molecule has 126 valence electrons. The van der Waals surface area contributed by atoms with Crippen molar-refractivity contribution in [3.8, 4) is 11.5 Å². The molecule has 2 N–H and O–H groups in total. The van der Waals surface area contributed by atoms with E-state index in [4.69, 9.17) is 39.5 Å². The monoisotopic (exact) mass is 386 g/mol. The average Bonchev–Trinajstić information content (AvgIpc) is 2.51. The van der Waals surface area contributed by atoms with E-state index in [1.807, 2.05) is 6.92 Å². The summed E-state index contributed by atoms with van der Waals surface area (Å²) in [5, 5.41) is 14.5. The van der Waals surface area contributed by atoms with E-state index < -0.39 is 5.91 Å². The van der Waals surface area contributed by atoms with E-state index in [0.29, 0.717) is 15.8 Å². The highest BCUT2D eigenvalue weighted by Gasteiger charge is 2.07. The number of carbonyl (C=O) groups is 1. The number of benzene rings is 2. The minimum atomic E-state index is -0.465. The first kappa shape index (κ1) is 18.4. The lowest BCUT2D eigenvalue weighted by Gasteiger charge is -2.08. The second-order valence-electron chi connectivity index (χ2n) is 4.82. The molecule has 8 heteroatoms. The zero-order chi connectivity index (χ0) is 17.7. The van der Waals surface area contributed by atoms with Crippen LogP contribution >= 0.6 is 34.8 Å². The molecule has 0 saturated heterocycles. The van der Waals surface area contributed by atoms with Gasteiger partial charge in [-0.15, -0.1) is 0 Å². The minimum Gasteiger partial charge on any atom is -0.506 e. The highest BCUT2D eigenvalue weighted by Crippen LogP contribution is 2.29. The van der Waals surface area contributed by atoms with Gasteiger partial charge in [0, 0.05) is 15.6 Å². The topological polar surface area (TPSA) is 70.9 Å². The summed E-state index contributed by atoms with van der Waals surface area (Å²) in [7, 11) is 0. The number of nitrogens with one attached hydrogen (secondary N) is 1. The van der Waals surface area contributed by atoms with E-state index in [1.54, 1.807) is 18.2 Å². The third-order valence-corrected chi connectivity index (χ3v) is 3.69. The summed E-state index contributed by atoms with van der Waals surface area (Å²) in [5.74, 6) is -0.0851. The maximum Gasteiger partial charge on any atom is 0.277 e. The summed E-state index contributed by atoms with van der Waals surface area (Å²) in [5.41, 5.74) is 3.38. The molecule has 1 amide bonds. The van der Waals surface area contributed by atoms with Gasteiger partial charge in [0.25, 0.3) is 5.91 Å². The second-order valence-corrected chi connectivity index (χ2v) is 6.10. The van der Waals surface area contributed by atoms with Crippen LogP contribution in [0.3, 0.4) is 0 Å². The first-order chi connectivity index (χ1) is 11.4. The maximum absolute atomic E-state index is 11.7. The molecule has 5 nitrogen and oxygen atoms in total. The molecule has 0 aliphatic carbocycles. The fourth-order valence-electron chi connectivity index (χ4n) is 1.81. The van der Waals surface area contributed by atoms with E-state index in [-0.39, 0.29) is 22.9 Å². The number of hydrogen-bond acceptors (Lipinski definition) is 4. The van der Waals surface area contributed by atoms with Crippen LogP contribution < -0.4 is 10.2 Å². The Labute approximate surface area is 153 Å². The number of carbonyl (C=O) groups excluding carboxylic acids is 1. The third kappa shape index (κ3) is 5.03. The predicted molar refractivity (Wildman–Crippen MR) is 95.5 cm³/mol. The Kier molecular flexibility index (Phi) is 6.31. The van der Waals surface area contributed by atoms with Crippen LogP contribution in [-0.4, -0.2) is 23.8 Å². The number of aromatic hydroxyl groups is 1. The highest BCUT2D eigenvalue weighted by molar-refractivity contribution is 6.36. The molecule has 0 radical (unpaired) electrons. The summed E-state index contributed by atoms with van der Waals surface area (Å²) in [6, 6.07) is 7.95. The minimum absolute atomic E-state index is 0.0943. The second kappa shape index (κ2) is 8.24. The van der Waals surface area contributed by atoms with Crippen LogP contribution in [0.1, 0.15) is 11.1 Å². The van der Waals surface area contributed by atoms with Crippen molar-refractivity contribution in [1.29, 1.82) is 0 Å². The molecular weight excluding hydrogens is 375 g/mol. The largest absolute Gasteiger partial charge is 0.506 e. The molecule has 0 heterocycles. The SMILES string of the molecule is Cc1cc(Cl)ccc1OCC(=O)N/N=C/c1cc(Cl)cc(Cl)c1O. The summed E-state index contributed by atoms with van der Waals surface area (Å²) < 4.78 is 5.38. The van der Waals surface area contributed by atoms with Crippen molar-refractivity contribution in [3.63, 3.8) is 0 Å². The molecule has 0 aliphatic rings. The number of hydrogen-bond donors (Lipinski definition) is 2. The van der Waals surface area contributed by atoms with Crippen molar-refractivity contribution in [1.82, 2.24) is 5.43 Å². The van der Waals surface area contributed by atoms with Crippen LogP contribution in [0.5, 0.6) is 11.5 Å². The lowest BCUT2D eigenvalue weighted by Crippen LogP contribution is -2.24. The smallest absolute Gasteiger partial charge is 0.277 e. The predicted octanol–water partition coefficient (Wildman–Crippen LogP) is 4.19. The van der Waals surface area contributed by atoms with E-state index >= 15 is 0 Å². The molecule has 0 saturated carbocycles. The molecule has 24 heavy (non-hydrogen) atoms. The number of ether oxygens (including phenoxy) is 1. The Balaban J connectivity index is 1.91. The van der Waals surface area contributed by atoms with Crippen LogP contribution in [0.2, 0.25) is 15.1 Å². The number of phenolic OH excluding ortho intramolecular Hbond substituents is 1. The first-order valence-corrected chi connectivity index (χ1v) is 7.89. The van der Waals surface area contributed by atoms with Gasteiger partial charge in [0.15, 0.2) is 6.61 Å². The van der Waals surface area contributed by atoms with Crippen LogP contribution in [0.25, 0.3) is 0 Å². The Morgan fingerprint density at radius 1 is 1.25 bits per heavy atom. The van der Waals surface area contributed by atoms with E-state index in [9.17, 15) is 9.90 Å². The van der Waals surface area contributed by atoms with Gasteiger partial charge >= 0.3 is 0 Å². The quantitative estimate of drug-likeness (QED) is 0.597. The lowest BCUT2D eigenvalue weighted by molar-refractivity contribution is -0.123. The summed E-state index contributed by atoms with van der Waals surface area (Å²) >= 11 is 17.5. The Morgan fingerprint density at radius 2 is 2.00 bits per heavy atom. The van der Waals surface area contributed by atoms with Gasteiger partial charge in [-0.3, -0.25) is 4.79 Å². The number of aryl methyl sites for hydroxylation is 1. The molecular formula is C16H13Cl3N2O3. The molecule has 0 unspecified atom stereocenters. The first-order valence-electron chi connectivity index (χ1n) is 6.75. The molecule has 2 aromatic carbocycles. The highest BCUT2D eigenvalue weighted by atomic mass is 35.5. The molecule has 0 atom stereocenters. The summed E-state index contributed by atoms with van der Waals surface area (Å²) in [6.07, 6.45) is 1.23. The van der Waals surface area contributed by atoms with Crippen molar-refractivity contribution >= 4 is 46.9 Å². The molecule has 0 fully saturated rings. The van der Waals surface area contributed by atoms with E-state index in [0.717, 1.165) is 5.56 Å². The van der Waals surface area contributed by atoms with Crippen LogP contribution in [-0.2, 0) is 4.79 Å². The number of nitrogens with zero attached hydrogens (tertiary/aromatic N) is 1. The number of phenols is 1. The fraction of sp³-hybridized carbons (Fsp3) is 0.125. The van der Waals surface area contributed by atoms with Gasteiger partial charge in [0.1, 0.15) is 11.5 Å². The molecule has 0 aromatic heterocycles. The molecule has 2 aromatic rings. The molecule has 0 aliphatic heterocycles. The number of halogens is 3. The van der Waals surface area contributed by atoms with Gasteiger partial charge in [-0.1, -0.05) is 34.8 Å². The average molecular weight is 388 g/mol. The zero-order valence-electron chi connectivity index (χ0n) is 12.5. The number of amides is 1. The Hall–Kier alpha value is -1.95. The summed E-state index contributed by atoms with van der Waals surface area (Å²) in [4.78, 5) is 11.7. The molecule has 0 bridgehead atoms. The van der Waals surface area contributed by atoms with Crippen molar-refractivity contribution in [3.05, 3.63) is 56.5 Å². The normalized spacial score (nSPS) is 10.8. The van der Waals surface area contributed by atoms with Crippen molar-refractivity contribution in [2.45, 2.75) is 6.92 Å². The van der Waals surface area contributed by atoms with E-state index in [1.165, 1.54) is 18.3 Å². The van der Waals surface area contributed by atoms with Crippen LogP contribution in [0.4, 0.5) is 0 Å². The molecule has 0 spiro atoms. The fourth-order valence-corrected chi connectivity index (χ4v) is 2.54. The lowest BCUT2D eigenvalue weighted by atomic mass is 10.2. The number of hydrazone groups is 1. The van der Waals surface area contributed by atoms with Gasteiger partial charge in [-0.2, -0.15) is 5.10 Å². The van der Waals surface area contributed by atoms with Gasteiger partial charge in [-0.25, -0.2) is 5.43 Å². The van der Waals surface area contributed by atoms with Gasteiger partial charge in [-0.05, 0) is 42.8 Å². The van der Waals surface area contributed by atoms with E-state index in [2.05, 4.69) is 10.5 Å². The van der Waals surface area contributed by atoms with Gasteiger partial charge in [0.05, 0.1) is 11.2 Å². The third-order valence-electron chi connectivity index (χ3n) is 2.95. The van der Waals surface area contributed by atoms with Crippen molar-refractivity contribution in [2.24, 2.45) is 5.10 Å². The Morgan fingerprint density at radius 3 is 2.71 bits per heavy atom. The summed E-state index contributed by atoms with van der Waals surface area (Å²) in [6.45, 7) is 1.60. The maximum atomic E-state index is 11.7. The standard InChI is InChI=1S/C16H13Cl3N2O3/c1-9-4-11(17)2-3-14(9)24-8-15(22)21-20-7-10-5-12(18)6-13(19)16(10)23/h2-7,23H,8H2,1H3,(H,21,22)/b20-7+. The van der Waals surface area contributed by atoms with Crippen molar-refractivity contribution in [2.75, 3.05) is 6.61 Å². The van der Waals surface area contributed by atoms with Crippen molar-refractivity contribution < 1.29 is 14.6 Å². The molecule has 2 rings (SSSR count). The number of rotatable bonds is 5.